The van der Waals surface area contributed by atoms with E-state index in [-0.39, 0.29) is 23.2 Å². The molecule has 1 atom stereocenters. The van der Waals surface area contributed by atoms with Gasteiger partial charge in [0.05, 0.1) is 23.2 Å². The predicted octanol–water partition coefficient (Wildman–Crippen LogP) is 1.44. The molecule has 112 valence electrons. The second-order valence-electron chi connectivity index (χ2n) is 4.42. The molecule has 0 saturated heterocycles. The first-order chi connectivity index (χ1) is 9.29. The monoisotopic (exact) mass is 301 g/mol. The second kappa shape index (κ2) is 6.83. The third kappa shape index (κ3) is 4.29. The summed E-state index contributed by atoms with van der Waals surface area (Å²) in [5.74, 6) is -0.576. The minimum absolute atomic E-state index is 0.0897. The summed E-state index contributed by atoms with van der Waals surface area (Å²) < 4.78 is 33.2. The van der Waals surface area contributed by atoms with Crippen molar-refractivity contribution in [1.29, 1.82) is 0 Å². The lowest BCUT2D eigenvalue weighted by Gasteiger charge is -2.12. The lowest BCUT2D eigenvalue weighted by atomic mass is 10.1. The summed E-state index contributed by atoms with van der Waals surface area (Å²) in [4.78, 5) is 11.7. The molecule has 20 heavy (non-hydrogen) atoms. The molecule has 6 nitrogen and oxygen atoms in total. The maximum absolute atomic E-state index is 11.9. The molecule has 0 amide bonds. The molecule has 1 aromatic rings. The Hall–Kier alpha value is -1.44. The number of sulfonamides is 1. The first kappa shape index (κ1) is 16.6. The van der Waals surface area contributed by atoms with Crippen molar-refractivity contribution in [2.75, 3.05) is 7.11 Å². The van der Waals surface area contributed by atoms with E-state index in [0.29, 0.717) is 12.0 Å². The zero-order valence-corrected chi connectivity index (χ0v) is 12.6. The van der Waals surface area contributed by atoms with Gasteiger partial charge < -0.3 is 9.47 Å². The molecule has 7 heteroatoms. The van der Waals surface area contributed by atoms with Crippen LogP contribution >= 0.6 is 0 Å². The molecule has 0 saturated carbocycles. The van der Waals surface area contributed by atoms with Gasteiger partial charge >= 0.3 is 5.97 Å². The number of ether oxygens (including phenoxy) is 2. The molecule has 0 spiro atoms. The number of nitrogens with two attached hydrogens (primary N) is 1. The number of benzene rings is 1. The van der Waals surface area contributed by atoms with Crippen molar-refractivity contribution in [3.63, 3.8) is 0 Å². The minimum atomic E-state index is -3.93. The van der Waals surface area contributed by atoms with Crippen molar-refractivity contribution < 1.29 is 22.7 Å². The van der Waals surface area contributed by atoms with E-state index >= 15 is 0 Å². The van der Waals surface area contributed by atoms with Gasteiger partial charge in [0.1, 0.15) is 0 Å². The zero-order valence-electron chi connectivity index (χ0n) is 11.8. The largest absolute Gasteiger partial charge is 0.459 e. The van der Waals surface area contributed by atoms with Gasteiger partial charge in [0, 0.05) is 7.11 Å². The molecule has 0 aromatic heterocycles. The Balaban J connectivity index is 3.16. The highest BCUT2D eigenvalue weighted by Gasteiger charge is 2.18. The van der Waals surface area contributed by atoms with Crippen molar-refractivity contribution in [3.8, 4) is 0 Å². The molecule has 0 aliphatic heterocycles. The fraction of sp³-hybridized carbons (Fsp3) is 0.462. The first-order valence-electron chi connectivity index (χ1n) is 6.15. The summed E-state index contributed by atoms with van der Waals surface area (Å²) in [5, 5.41) is 5.15. The molecular formula is C13H19NO5S. The van der Waals surface area contributed by atoms with Crippen LogP contribution in [0.4, 0.5) is 0 Å². The average Bonchev–Trinajstić information content (AvgIpc) is 2.38. The van der Waals surface area contributed by atoms with E-state index in [1.807, 2.05) is 6.92 Å². The molecule has 0 fully saturated rings. The van der Waals surface area contributed by atoms with Crippen LogP contribution in [0, 0.1) is 0 Å². The van der Waals surface area contributed by atoms with Gasteiger partial charge in [-0.25, -0.2) is 18.4 Å². The van der Waals surface area contributed by atoms with Crippen LogP contribution in [0.25, 0.3) is 0 Å². The van der Waals surface area contributed by atoms with Crippen LogP contribution in [0.5, 0.6) is 0 Å². The molecule has 0 aliphatic carbocycles. The highest BCUT2D eigenvalue weighted by atomic mass is 32.2. The number of rotatable bonds is 6. The molecule has 0 radical (unpaired) electrons. The minimum Gasteiger partial charge on any atom is -0.459 e. The maximum atomic E-state index is 11.9. The lowest BCUT2D eigenvalue weighted by molar-refractivity contribution is 0.0334. The van der Waals surface area contributed by atoms with Crippen LogP contribution in [0.1, 0.15) is 36.2 Å². The number of carbonyl (C=O) groups excluding carboxylic acids is 1. The van der Waals surface area contributed by atoms with Crippen molar-refractivity contribution in [1.82, 2.24) is 0 Å². The van der Waals surface area contributed by atoms with Crippen LogP contribution in [-0.2, 0) is 26.1 Å². The highest BCUT2D eigenvalue weighted by Crippen LogP contribution is 2.18. The quantitative estimate of drug-likeness (QED) is 0.802. The number of methoxy groups -OCH3 is 1. The van der Waals surface area contributed by atoms with Gasteiger partial charge in [0.15, 0.2) is 0 Å². The Morgan fingerprint density at radius 1 is 1.40 bits per heavy atom. The van der Waals surface area contributed by atoms with E-state index in [1.165, 1.54) is 25.3 Å². The van der Waals surface area contributed by atoms with Gasteiger partial charge in [0.25, 0.3) is 0 Å². The predicted molar refractivity (Wildman–Crippen MR) is 73.7 cm³/mol. The molecule has 0 aliphatic rings. The topological polar surface area (TPSA) is 95.7 Å². The van der Waals surface area contributed by atoms with Crippen molar-refractivity contribution >= 4 is 16.0 Å². The first-order valence-corrected chi connectivity index (χ1v) is 7.69. The standard InChI is InChI=1S/C13H19NO5S/c1-4-9(2)19-13(15)10-5-6-11(8-18-3)12(7-10)20(14,16)17/h5-7,9H,4,8H2,1-3H3,(H2,14,16,17). The SMILES string of the molecule is CCC(C)OC(=O)c1ccc(COC)c(S(N)(=O)=O)c1. The number of hydrogen-bond acceptors (Lipinski definition) is 5. The van der Waals surface area contributed by atoms with Crippen LogP contribution in [-0.4, -0.2) is 27.6 Å². The van der Waals surface area contributed by atoms with Crippen molar-refractivity contribution in [2.45, 2.75) is 37.9 Å². The van der Waals surface area contributed by atoms with Gasteiger partial charge in [-0.05, 0) is 31.0 Å². The summed E-state index contributed by atoms with van der Waals surface area (Å²) >= 11 is 0. The molecule has 0 heterocycles. The Bertz CT molecular complexity index is 582. The molecule has 1 unspecified atom stereocenters. The molecule has 0 bridgehead atoms. The molecular weight excluding hydrogens is 282 g/mol. The van der Waals surface area contributed by atoms with E-state index < -0.39 is 16.0 Å². The fourth-order valence-corrected chi connectivity index (χ4v) is 2.34. The number of primary sulfonamides is 1. The summed E-state index contributed by atoms with van der Waals surface area (Å²) in [5.41, 5.74) is 0.546. The number of esters is 1. The van der Waals surface area contributed by atoms with Gasteiger partial charge in [0.2, 0.25) is 10.0 Å². The molecule has 2 N–H and O–H groups in total. The zero-order chi connectivity index (χ0) is 15.3. The van der Waals surface area contributed by atoms with E-state index in [1.54, 1.807) is 6.92 Å². The van der Waals surface area contributed by atoms with Gasteiger partial charge in [-0.1, -0.05) is 13.0 Å². The summed E-state index contributed by atoms with van der Waals surface area (Å²) in [6, 6.07) is 4.21. The smallest absolute Gasteiger partial charge is 0.338 e. The van der Waals surface area contributed by atoms with E-state index in [9.17, 15) is 13.2 Å². The average molecular weight is 301 g/mol. The van der Waals surface area contributed by atoms with Crippen LogP contribution in [0.2, 0.25) is 0 Å². The number of carbonyl (C=O) groups is 1. The lowest BCUT2D eigenvalue weighted by Crippen LogP contribution is -2.18. The maximum Gasteiger partial charge on any atom is 0.338 e. The molecule has 1 rings (SSSR count). The summed E-state index contributed by atoms with van der Waals surface area (Å²) in [6.45, 7) is 3.74. The van der Waals surface area contributed by atoms with Crippen molar-refractivity contribution in [3.05, 3.63) is 29.3 Å². The van der Waals surface area contributed by atoms with Gasteiger partial charge in [-0.3, -0.25) is 0 Å². The van der Waals surface area contributed by atoms with Crippen LogP contribution < -0.4 is 5.14 Å². The normalized spacial score (nSPS) is 13.0. The van der Waals surface area contributed by atoms with E-state index in [4.69, 9.17) is 14.6 Å². The molecule has 1 aromatic carbocycles. The van der Waals surface area contributed by atoms with E-state index in [2.05, 4.69) is 0 Å². The van der Waals surface area contributed by atoms with Crippen molar-refractivity contribution in [2.24, 2.45) is 5.14 Å². The Labute approximate surface area is 118 Å². The highest BCUT2D eigenvalue weighted by molar-refractivity contribution is 7.89. The Kier molecular flexibility index (Phi) is 5.67. The van der Waals surface area contributed by atoms with Gasteiger partial charge in [-0.2, -0.15) is 0 Å². The Morgan fingerprint density at radius 2 is 2.05 bits per heavy atom. The fourth-order valence-electron chi connectivity index (χ4n) is 1.56. The Morgan fingerprint density at radius 3 is 2.55 bits per heavy atom. The second-order valence-corrected chi connectivity index (χ2v) is 5.95. The van der Waals surface area contributed by atoms with Crippen LogP contribution in [0.15, 0.2) is 23.1 Å². The van der Waals surface area contributed by atoms with Gasteiger partial charge in [-0.15, -0.1) is 0 Å². The third-order valence-electron chi connectivity index (χ3n) is 2.79. The summed E-state index contributed by atoms with van der Waals surface area (Å²) in [6.07, 6.45) is 0.439. The third-order valence-corrected chi connectivity index (χ3v) is 3.79. The summed E-state index contributed by atoms with van der Waals surface area (Å²) in [7, 11) is -2.49. The van der Waals surface area contributed by atoms with Crippen LogP contribution in [0.3, 0.4) is 0 Å². The number of hydrogen-bond donors (Lipinski definition) is 1. The van der Waals surface area contributed by atoms with E-state index in [0.717, 1.165) is 0 Å².